The Morgan fingerprint density at radius 2 is 1.93 bits per heavy atom. The van der Waals surface area contributed by atoms with E-state index in [2.05, 4.69) is 10.6 Å². The van der Waals surface area contributed by atoms with Gasteiger partial charge in [0, 0.05) is 37.8 Å². The lowest BCUT2D eigenvalue weighted by Crippen LogP contribution is -2.38. The summed E-state index contributed by atoms with van der Waals surface area (Å²) in [5.74, 6) is 0.316. The van der Waals surface area contributed by atoms with Gasteiger partial charge in [0.15, 0.2) is 17.3 Å². The predicted octanol–water partition coefficient (Wildman–Crippen LogP) is 0.907. The maximum absolute atomic E-state index is 12.4. The lowest BCUT2D eigenvalue weighted by Gasteiger charge is -2.17. The van der Waals surface area contributed by atoms with Crippen LogP contribution < -0.4 is 25.0 Å². The smallest absolute Gasteiger partial charge is 0.287 e. The molecular formula is C19H19N3O6. The number of nitrogens with zero attached hydrogens (tertiary/aromatic N) is 1. The fraction of sp³-hybridized carbons (Fsp3) is 0.316. The molecule has 0 saturated carbocycles. The number of hydrogen-bond donors (Lipinski definition) is 2. The number of hydrogen-bond acceptors (Lipinski definition) is 6. The van der Waals surface area contributed by atoms with Gasteiger partial charge in [-0.05, 0) is 24.3 Å². The SMILES string of the molecule is O=C(NCCNC(=O)C1CC(=O)N(c2ccc3c(c2)OCO3)C1)c1ccco1. The fourth-order valence-electron chi connectivity index (χ4n) is 3.19. The Bertz CT molecular complexity index is 895. The highest BCUT2D eigenvalue weighted by molar-refractivity contribution is 6.00. The lowest BCUT2D eigenvalue weighted by atomic mass is 10.1. The van der Waals surface area contributed by atoms with Crippen molar-refractivity contribution >= 4 is 23.4 Å². The van der Waals surface area contributed by atoms with Crippen LogP contribution in [0, 0.1) is 5.92 Å². The zero-order valence-electron chi connectivity index (χ0n) is 15.0. The van der Waals surface area contributed by atoms with Crippen molar-refractivity contribution in [2.24, 2.45) is 5.92 Å². The summed E-state index contributed by atoms with van der Waals surface area (Å²) in [6.07, 6.45) is 1.55. The van der Waals surface area contributed by atoms with Crippen LogP contribution in [-0.4, -0.2) is 44.1 Å². The summed E-state index contributed by atoms with van der Waals surface area (Å²) >= 11 is 0. The number of ether oxygens (including phenoxy) is 2. The first-order valence-electron chi connectivity index (χ1n) is 8.91. The second-order valence-corrected chi connectivity index (χ2v) is 6.47. The van der Waals surface area contributed by atoms with E-state index in [0.29, 0.717) is 23.7 Å². The van der Waals surface area contributed by atoms with Crippen molar-refractivity contribution < 1.29 is 28.3 Å². The fourth-order valence-corrected chi connectivity index (χ4v) is 3.19. The number of rotatable bonds is 6. The van der Waals surface area contributed by atoms with Crippen LogP contribution in [0.4, 0.5) is 5.69 Å². The van der Waals surface area contributed by atoms with Crippen molar-refractivity contribution in [2.45, 2.75) is 6.42 Å². The molecule has 28 heavy (non-hydrogen) atoms. The van der Waals surface area contributed by atoms with Crippen LogP contribution in [0.1, 0.15) is 17.0 Å². The summed E-state index contributed by atoms with van der Waals surface area (Å²) < 4.78 is 15.6. The summed E-state index contributed by atoms with van der Waals surface area (Å²) in [6, 6.07) is 8.45. The van der Waals surface area contributed by atoms with Crippen molar-refractivity contribution in [1.29, 1.82) is 0 Å². The monoisotopic (exact) mass is 385 g/mol. The number of furan rings is 1. The maximum atomic E-state index is 12.4. The van der Waals surface area contributed by atoms with Crippen molar-refractivity contribution in [1.82, 2.24) is 10.6 Å². The van der Waals surface area contributed by atoms with Crippen molar-refractivity contribution in [3.63, 3.8) is 0 Å². The minimum absolute atomic E-state index is 0.120. The number of carbonyl (C=O) groups is 3. The van der Waals surface area contributed by atoms with Gasteiger partial charge in [0.05, 0.1) is 12.2 Å². The molecule has 1 unspecified atom stereocenters. The third kappa shape index (κ3) is 3.64. The molecule has 0 spiro atoms. The van der Waals surface area contributed by atoms with E-state index in [4.69, 9.17) is 13.9 Å². The Kier molecular flexibility index (Phi) is 4.88. The van der Waals surface area contributed by atoms with E-state index < -0.39 is 5.92 Å². The molecule has 1 aromatic carbocycles. The molecule has 2 aliphatic heterocycles. The molecule has 1 atom stereocenters. The third-order valence-electron chi connectivity index (χ3n) is 4.62. The number of amides is 3. The summed E-state index contributed by atoms with van der Waals surface area (Å²) in [6.45, 7) is 0.981. The first-order valence-corrected chi connectivity index (χ1v) is 8.91. The predicted molar refractivity (Wildman–Crippen MR) is 97.1 cm³/mol. The van der Waals surface area contributed by atoms with Gasteiger partial charge < -0.3 is 29.4 Å². The molecule has 4 rings (SSSR count). The van der Waals surface area contributed by atoms with Gasteiger partial charge in [-0.2, -0.15) is 0 Å². The Labute approximate surface area is 160 Å². The molecule has 0 radical (unpaired) electrons. The normalized spacial score (nSPS) is 17.6. The van der Waals surface area contributed by atoms with Crippen LogP contribution >= 0.6 is 0 Å². The minimum Gasteiger partial charge on any atom is -0.459 e. The molecule has 9 heteroatoms. The highest BCUT2D eigenvalue weighted by Crippen LogP contribution is 2.37. The van der Waals surface area contributed by atoms with Crippen LogP contribution in [0.3, 0.4) is 0 Å². The van der Waals surface area contributed by atoms with Gasteiger partial charge >= 0.3 is 0 Å². The summed E-state index contributed by atoms with van der Waals surface area (Å²) in [5, 5.41) is 5.40. The molecule has 9 nitrogen and oxygen atoms in total. The Balaban J connectivity index is 1.26. The first-order chi connectivity index (χ1) is 13.6. The van der Waals surface area contributed by atoms with Crippen molar-refractivity contribution in [3.05, 3.63) is 42.4 Å². The second-order valence-electron chi connectivity index (χ2n) is 6.47. The van der Waals surface area contributed by atoms with E-state index in [9.17, 15) is 14.4 Å². The number of carbonyl (C=O) groups excluding carboxylic acids is 3. The van der Waals surface area contributed by atoms with Crippen LogP contribution in [0.5, 0.6) is 11.5 Å². The Morgan fingerprint density at radius 3 is 2.75 bits per heavy atom. The standard InChI is InChI=1S/C19H19N3O6/c23-17-8-12(10-22(17)13-3-4-14-16(9-13)28-11-27-14)18(24)20-5-6-21-19(25)15-2-1-7-26-15/h1-4,7,9,12H,5-6,8,10-11H2,(H,20,24)(H,21,25). The van der Waals surface area contributed by atoms with E-state index in [1.165, 1.54) is 6.26 Å². The van der Waals surface area contributed by atoms with Gasteiger partial charge in [0.1, 0.15) is 0 Å². The van der Waals surface area contributed by atoms with Crippen LogP contribution in [0.15, 0.2) is 41.0 Å². The molecule has 1 fully saturated rings. The molecular weight excluding hydrogens is 366 g/mol. The molecule has 3 heterocycles. The zero-order valence-corrected chi connectivity index (χ0v) is 15.0. The number of anilines is 1. The van der Waals surface area contributed by atoms with Gasteiger partial charge in [-0.1, -0.05) is 0 Å². The number of nitrogens with one attached hydrogen (secondary N) is 2. The molecule has 3 amide bonds. The van der Waals surface area contributed by atoms with Crippen LogP contribution in [0.2, 0.25) is 0 Å². The summed E-state index contributed by atoms with van der Waals surface area (Å²) in [7, 11) is 0. The maximum Gasteiger partial charge on any atom is 0.287 e. The van der Waals surface area contributed by atoms with Gasteiger partial charge in [0.2, 0.25) is 18.6 Å². The van der Waals surface area contributed by atoms with Crippen LogP contribution in [0.25, 0.3) is 0 Å². The Morgan fingerprint density at radius 1 is 1.11 bits per heavy atom. The van der Waals surface area contributed by atoms with E-state index in [1.807, 2.05) is 0 Å². The quantitative estimate of drug-likeness (QED) is 0.715. The molecule has 146 valence electrons. The molecule has 2 aliphatic rings. The van der Waals surface area contributed by atoms with E-state index in [1.54, 1.807) is 35.2 Å². The number of benzene rings is 1. The van der Waals surface area contributed by atoms with Gasteiger partial charge in [-0.15, -0.1) is 0 Å². The average Bonchev–Trinajstić information content (AvgIpc) is 3.44. The van der Waals surface area contributed by atoms with E-state index in [0.717, 1.165) is 0 Å². The number of fused-ring (bicyclic) bond motifs is 1. The minimum atomic E-state index is -0.446. The van der Waals surface area contributed by atoms with Gasteiger partial charge in [0.25, 0.3) is 5.91 Å². The molecule has 2 aromatic rings. The summed E-state index contributed by atoms with van der Waals surface area (Å²) in [5.41, 5.74) is 0.676. The Hall–Kier alpha value is -3.49. The van der Waals surface area contributed by atoms with Crippen molar-refractivity contribution in [2.75, 3.05) is 31.3 Å². The van der Waals surface area contributed by atoms with Crippen molar-refractivity contribution in [3.8, 4) is 11.5 Å². The molecule has 0 aliphatic carbocycles. The lowest BCUT2D eigenvalue weighted by molar-refractivity contribution is -0.126. The third-order valence-corrected chi connectivity index (χ3v) is 4.62. The average molecular weight is 385 g/mol. The van der Waals surface area contributed by atoms with Gasteiger partial charge in [-0.25, -0.2) is 0 Å². The highest BCUT2D eigenvalue weighted by atomic mass is 16.7. The summed E-state index contributed by atoms with van der Waals surface area (Å²) in [4.78, 5) is 38.0. The van der Waals surface area contributed by atoms with E-state index in [-0.39, 0.29) is 49.8 Å². The van der Waals surface area contributed by atoms with Gasteiger partial charge in [-0.3, -0.25) is 14.4 Å². The molecule has 1 saturated heterocycles. The second kappa shape index (κ2) is 7.63. The largest absolute Gasteiger partial charge is 0.459 e. The topological polar surface area (TPSA) is 110 Å². The highest BCUT2D eigenvalue weighted by Gasteiger charge is 2.35. The molecule has 1 aromatic heterocycles. The van der Waals surface area contributed by atoms with E-state index >= 15 is 0 Å². The zero-order chi connectivity index (χ0) is 19.5. The molecule has 0 bridgehead atoms. The molecule has 2 N–H and O–H groups in total. The van der Waals surface area contributed by atoms with Crippen LogP contribution in [-0.2, 0) is 9.59 Å². The first kappa shape index (κ1) is 17.9.